The summed E-state index contributed by atoms with van der Waals surface area (Å²) >= 11 is 0. The fourth-order valence-corrected chi connectivity index (χ4v) is 3.57. The molecule has 2 amide bonds. The molecule has 0 radical (unpaired) electrons. The molecule has 0 bridgehead atoms. The summed E-state index contributed by atoms with van der Waals surface area (Å²) in [4.78, 5) is 29.3. The highest BCUT2D eigenvalue weighted by atomic mass is 16.3. The molecule has 2 heterocycles. The average molecular weight is 374 g/mol. The zero-order valence-corrected chi connectivity index (χ0v) is 15.5. The molecule has 5 heteroatoms. The number of para-hydroxylation sites is 1. The largest absolute Gasteiger partial charge is 0.467 e. The van der Waals surface area contributed by atoms with Crippen molar-refractivity contribution in [2.75, 3.05) is 11.4 Å². The summed E-state index contributed by atoms with van der Waals surface area (Å²) in [5.41, 5.74) is 1.89. The Hall–Kier alpha value is -3.34. The van der Waals surface area contributed by atoms with Crippen LogP contribution in [-0.4, -0.2) is 23.3 Å². The molecule has 1 atom stereocenters. The molecule has 0 N–H and O–H groups in total. The van der Waals surface area contributed by atoms with Gasteiger partial charge in [0.2, 0.25) is 11.8 Å². The van der Waals surface area contributed by atoms with Crippen LogP contribution >= 0.6 is 0 Å². The number of benzene rings is 2. The lowest BCUT2D eigenvalue weighted by Crippen LogP contribution is -2.37. The summed E-state index contributed by atoms with van der Waals surface area (Å²) in [5.74, 6) is 0.338. The number of amides is 2. The van der Waals surface area contributed by atoms with E-state index in [-0.39, 0.29) is 24.2 Å². The first-order valence-corrected chi connectivity index (χ1v) is 9.41. The zero-order chi connectivity index (χ0) is 19.3. The molecule has 1 saturated heterocycles. The van der Waals surface area contributed by atoms with E-state index in [9.17, 15) is 9.59 Å². The van der Waals surface area contributed by atoms with E-state index < -0.39 is 0 Å². The second-order valence-corrected chi connectivity index (χ2v) is 7.00. The molecule has 0 spiro atoms. The quantitative estimate of drug-likeness (QED) is 0.658. The molecule has 5 nitrogen and oxygen atoms in total. The highest BCUT2D eigenvalue weighted by molar-refractivity contribution is 5.99. The van der Waals surface area contributed by atoms with Crippen LogP contribution in [-0.2, 0) is 22.7 Å². The van der Waals surface area contributed by atoms with Crippen molar-refractivity contribution in [2.24, 2.45) is 5.92 Å². The molecule has 4 rings (SSSR count). The van der Waals surface area contributed by atoms with Crippen LogP contribution in [0.2, 0.25) is 0 Å². The van der Waals surface area contributed by atoms with E-state index in [1.165, 1.54) is 0 Å². The van der Waals surface area contributed by atoms with Crippen molar-refractivity contribution in [3.8, 4) is 0 Å². The van der Waals surface area contributed by atoms with E-state index in [1.807, 2.05) is 66.7 Å². The van der Waals surface area contributed by atoms with Gasteiger partial charge in [-0.15, -0.1) is 0 Å². The minimum Gasteiger partial charge on any atom is -0.467 e. The van der Waals surface area contributed by atoms with E-state index >= 15 is 0 Å². The minimum atomic E-state index is -0.355. The van der Waals surface area contributed by atoms with Crippen molar-refractivity contribution < 1.29 is 14.0 Å². The Morgan fingerprint density at radius 2 is 1.71 bits per heavy atom. The Balaban J connectivity index is 1.53. The minimum absolute atomic E-state index is 0.0116. The molecule has 3 aromatic rings. The van der Waals surface area contributed by atoms with Crippen LogP contribution < -0.4 is 4.90 Å². The summed E-state index contributed by atoms with van der Waals surface area (Å²) in [6, 6.07) is 23.2. The van der Waals surface area contributed by atoms with Crippen LogP contribution in [0, 0.1) is 5.92 Å². The Kier molecular flexibility index (Phi) is 5.24. The molecule has 0 aliphatic carbocycles. The van der Waals surface area contributed by atoms with Crippen molar-refractivity contribution in [1.29, 1.82) is 0 Å². The van der Waals surface area contributed by atoms with Gasteiger partial charge < -0.3 is 14.2 Å². The Morgan fingerprint density at radius 3 is 2.39 bits per heavy atom. The third-order valence-electron chi connectivity index (χ3n) is 5.01. The third-order valence-corrected chi connectivity index (χ3v) is 5.01. The lowest BCUT2D eigenvalue weighted by molar-refractivity contribution is -0.129. The number of furan rings is 1. The van der Waals surface area contributed by atoms with Gasteiger partial charge in [-0.1, -0.05) is 48.5 Å². The van der Waals surface area contributed by atoms with Crippen LogP contribution in [0.4, 0.5) is 5.69 Å². The van der Waals surface area contributed by atoms with Crippen LogP contribution in [0.5, 0.6) is 0 Å². The molecule has 2 aromatic carbocycles. The highest BCUT2D eigenvalue weighted by Crippen LogP contribution is 2.26. The van der Waals surface area contributed by atoms with Crippen molar-refractivity contribution in [2.45, 2.75) is 19.5 Å². The standard InChI is InChI=1S/C23H22N2O3/c26-22-14-19(16-24(22)17-21-12-7-13-28-21)23(27)25(20-10-5-2-6-11-20)15-18-8-3-1-4-9-18/h1-13,19H,14-17H2/t19-/m1/s1. The number of carbonyl (C=O) groups is 2. The molecule has 1 aliphatic rings. The van der Waals surface area contributed by atoms with E-state index in [0.29, 0.717) is 19.6 Å². The molecule has 1 fully saturated rings. The number of hydrogen-bond donors (Lipinski definition) is 0. The monoisotopic (exact) mass is 374 g/mol. The molecule has 28 heavy (non-hydrogen) atoms. The van der Waals surface area contributed by atoms with E-state index in [0.717, 1.165) is 17.0 Å². The first-order valence-electron chi connectivity index (χ1n) is 9.41. The number of hydrogen-bond acceptors (Lipinski definition) is 3. The maximum atomic E-state index is 13.4. The molecule has 0 unspecified atom stereocenters. The van der Waals surface area contributed by atoms with Gasteiger partial charge >= 0.3 is 0 Å². The van der Waals surface area contributed by atoms with Gasteiger partial charge in [0.25, 0.3) is 0 Å². The highest BCUT2D eigenvalue weighted by Gasteiger charge is 2.37. The molecule has 1 aromatic heterocycles. The molecule has 142 valence electrons. The Labute approximate surface area is 164 Å². The van der Waals surface area contributed by atoms with Gasteiger partial charge in [-0.25, -0.2) is 0 Å². The van der Waals surface area contributed by atoms with Crippen LogP contribution in [0.1, 0.15) is 17.7 Å². The van der Waals surface area contributed by atoms with Crippen LogP contribution in [0.25, 0.3) is 0 Å². The fraction of sp³-hybridized carbons (Fsp3) is 0.217. The maximum absolute atomic E-state index is 13.4. The average Bonchev–Trinajstić information content (AvgIpc) is 3.37. The van der Waals surface area contributed by atoms with Gasteiger partial charge in [-0.05, 0) is 29.8 Å². The number of anilines is 1. The fourth-order valence-electron chi connectivity index (χ4n) is 3.57. The zero-order valence-electron chi connectivity index (χ0n) is 15.5. The van der Waals surface area contributed by atoms with E-state index in [4.69, 9.17) is 4.42 Å². The maximum Gasteiger partial charge on any atom is 0.232 e. The summed E-state index contributed by atoms with van der Waals surface area (Å²) in [7, 11) is 0. The lowest BCUT2D eigenvalue weighted by atomic mass is 10.1. The number of carbonyl (C=O) groups excluding carboxylic acids is 2. The van der Waals surface area contributed by atoms with Crippen molar-refractivity contribution >= 4 is 17.5 Å². The Bertz CT molecular complexity index is 923. The van der Waals surface area contributed by atoms with Crippen molar-refractivity contribution in [3.05, 3.63) is 90.4 Å². The van der Waals surface area contributed by atoms with Gasteiger partial charge in [0.15, 0.2) is 0 Å². The topological polar surface area (TPSA) is 53.8 Å². The van der Waals surface area contributed by atoms with Crippen LogP contribution in [0.15, 0.2) is 83.5 Å². The molecule has 0 saturated carbocycles. The first kappa shape index (κ1) is 18.0. The Morgan fingerprint density at radius 1 is 1.00 bits per heavy atom. The van der Waals surface area contributed by atoms with Gasteiger partial charge in [-0.3, -0.25) is 9.59 Å². The summed E-state index contributed by atoms with van der Waals surface area (Å²) < 4.78 is 5.35. The first-order chi connectivity index (χ1) is 13.7. The lowest BCUT2D eigenvalue weighted by Gasteiger charge is -2.26. The smallest absolute Gasteiger partial charge is 0.232 e. The number of likely N-dealkylation sites (tertiary alicyclic amines) is 1. The second-order valence-electron chi connectivity index (χ2n) is 7.00. The van der Waals surface area contributed by atoms with E-state index in [1.54, 1.807) is 22.1 Å². The normalized spacial score (nSPS) is 16.4. The third kappa shape index (κ3) is 3.98. The SMILES string of the molecule is O=C1C[C@@H](C(=O)N(Cc2ccccc2)c2ccccc2)CN1Cc1ccco1. The van der Waals surface area contributed by atoms with Gasteiger partial charge in [0, 0.05) is 18.7 Å². The second kappa shape index (κ2) is 8.13. The van der Waals surface area contributed by atoms with Crippen LogP contribution in [0.3, 0.4) is 0 Å². The molecular weight excluding hydrogens is 352 g/mol. The van der Waals surface area contributed by atoms with Crippen molar-refractivity contribution in [1.82, 2.24) is 4.90 Å². The predicted octanol–water partition coefficient (Wildman–Crippen LogP) is 3.86. The summed E-state index contributed by atoms with van der Waals surface area (Å²) in [6.07, 6.45) is 1.83. The molecule has 1 aliphatic heterocycles. The van der Waals surface area contributed by atoms with Gasteiger partial charge in [0.1, 0.15) is 5.76 Å². The van der Waals surface area contributed by atoms with Gasteiger partial charge in [0.05, 0.1) is 25.3 Å². The van der Waals surface area contributed by atoms with E-state index in [2.05, 4.69) is 0 Å². The summed E-state index contributed by atoms with van der Waals surface area (Å²) in [5, 5.41) is 0. The summed E-state index contributed by atoms with van der Waals surface area (Å²) in [6.45, 7) is 1.29. The van der Waals surface area contributed by atoms with Gasteiger partial charge in [-0.2, -0.15) is 0 Å². The predicted molar refractivity (Wildman–Crippen MR) is 106 cm³/mol. The molecular formula is C23H22N2O3. The number of rotatable bonds is 6. The van der Waals surface area contributed by atoms with Crippen molar-refractivity contribution in [3.63, 3.8) is 0 Å². The number of nitrogens with zero attached hydrogens (tertiary/aromatic N) is 2.